The molecule has 0 bridgehead atoms. The Labute approximate surface area is 174 Å². The first kappa shape index (κ1) is 19.0. The van der Waals surface area contributed by atoms with Crippen LogP contribution < -0.4 is 14.5 Å². The van der Waals surface area contributed by atoms with Gasteiger partial charge in [0, 0.05) is 38.3 Å². The van der Waals surface area contributed by atoms with E-state index in [0.29, 0.717) is 12.3 Å². The topological polar surface area (TPSA) is 101 Å². The molecule has 1 saturated heterocycles. The molecule has 0 spiro atoms. The standard InChI is InChI=1S/C20H22N6O3S/c1-29-20-16-11-15(2-3-18(16)21-13-22-20)25-5-7-26(8-6-25)19-10-14-12-30(27,28)9-4-17(14)23-24-19/h2-3,10-11,13H,4-9,12H2,1H3. The molecule has 0 unspecified atom stereocenters. The zero-order valence-corrected chi connectivity index (χ0v) is 17.5. The molecule has 2 aliphatic heterocycles. The average Bonchev–Trinajstić information content (AvgIpc) is 2.77. The number of hydrogen-bond acceptors (Lipinski definition) is 9. The summed E-state index contributed by atoms with van der Waals surface area (Å²) < 4.78 is 29.3. The zero-order valence-electron chi connectivity index (χ0n) is 16.7. The molecule has 30 heavy (non-hydrogen) atoms. The summed E-state index contributed by atoms with van der Waals surface area (Å²) >= 11 is 0. The lowest BCUT2D eigenvalue weighted by molar-refractivity contribution is 0.402. The Bertz CT molecular complexity index is 1210. The number of aryl methyl sites for hydroxylation is 1. The number of hydrogen-bond donors (Lipinski definition) is 0. The molecule has 0 amide bonds. The van der Waals surface area contributed by atoms with E-state index in [-0.39, 0.29) is 11.5 Å². The van der Waals surface area contributed by atoms with Crippen molar-refractivity contribution in [3.63, 3.8) is 0 Å². The van der Waals surface area contributed by atoms with Crippen LogP contribution in [0.25, 0.3) is 10.9 Å². The monoisotopic (exact) mass is 426 g/mol. The molecular weight excluding hydrogens is 404 g/mol. The minimum Gasteiger partial charge on any atom is -0.480 e. The highest BCUT2D eigenvalue weighted by molar-refractivity contribution is 7.90. The fraction of sp³-hybridized carbons (Fsp3) is 0.400. The van der Waals surface area contributed by atoms with Crippen molar-refractivity contribution in [3.8, 4) is 5.88 Å². The SMILES string of the molecule is COc1ncnc2ccc(N3CCN(c4cc5c(nn4)CCS(=O)(=O)C5)CC3)cc12. The number of piperazine rings is 1. The first-order valence-corrected chi connectivity index (χ1v) is 11.7. The molecule has 0 atom stereocenters. The fourth-order valence-corrected chi connectivity index (χ4v) is 5.44. The van der Waals surface area contributed by atoms with E-state index in [1.165, 1.54) is 6.33 Å². The van der Waals surface area contributed by atoms with Crippen molar-refractivity contribution in [2.24, 2.45) is 0 Å². The third kappa shape index (κ3) is 3.51. The Hall–Kier alpha value is -3.01. The van der Waals surface area contributed by atoms with Crippen LogP contribution in [0.5, 0.6) is 5.88 Å². The third-order valence-electron chi connectivity index (χ3n) is 5.72. The highest BCUT2D eigenvalue weighted by Gasteiger charge is 2.25. The van der Waals surface area contributed by atoms with Crippen LogP contribution in [0.2, 0.25) is 0 Å². The molecule has 5 rings (SSSR count). The van der Waals surface area contributed by atoms with Gasteiger partial charge in [0.2, 0.25) is 5.88 Å². The number of rotatable bonds is 3. The van der Waals surface area contributed by atoms with Crippen molar-refractivity contribution in [2.45, 2.75) is 12.2 Å². The Morgan fingerprint density at radius 1 is 1.00 bits per heavy atom. The first-order valence-electron chi connectivity index (χ1n) is 9.87. The number of benzene rings is 1. The van der Waals surface area contributed by atoms with Crippen LogP contribution in [-0.2, 0) is 22.0 Å². The van der Waals surface area contributed by atoms with E-state index < -0.39 is 9.84 Å². The summed E-state index contributed by atoms with van der Waals surface area (Å²) in [7, 11) is -1.42. The molecule has 4 heterocycles. The van der Waals surface area contributed by atoms with Crippen LogP contribution in [0.4, 0.5) is 11.5 Å². The molecule has 1 fully saturated rings. The van der Waals surface area contributed by atoms with E-state index in [4.69, 9.17) is 4.74 Å². The molecule has 2 aliphatic rings. The number of nitrogens with zero attached hydrogens (tertiary/aromatic N) is 6. The van der Waals surface area contributed by atoms with Gasteiger partial charge >= 0.3 is 0 Å². The lowest BCUT2D eigenvalue weighted by atomic mass is 10.1. The van der Waals surface area contributed by atoms with Crippen LogP contribution in [-0.4, -0.2) is 67.6 Å². The summed E-state index contributed by atoms with van der Waals surface area (Å²) in [6.45, 7) is 3.19. The minimum absolute atomic E-state index is 0.0613. The predicted molar refractivity (Wildman–Crippen MR) is 114 cm³/mol. The van der Waals surface area contributed by atoms with Gasteiger partial charge in [-0.2, -0.15) is 5.10 Å². The Morgan fingerprint density at radius 3 is 2.60 bits per heavy atom. The van der Waals surface area contributed by atoms with E-state index in [9.17, 15) is 8.42 Å². The molecule has 0 N–H and O–H groups in total. The van der Waals surface area contributed by atoms with Crippen molar-refractivity contribution in [3.05, 3.63) is 41.9 Å². The highest BCUT2D eigenvalue weighted by Crippen LogP contribution is 2.28. The van der Waals surface area contributed by atoms with E-state index >= 15 is 0 Å². The van der Waals surface area contributed by atoms with Crippen molar-refractivity contribution in [1.29, 1.82) is 0 Å². The second-order valence-corrected chi connectivity index (χ2v) is 9.76. The number of methoxy groups -OCH3 is 1. The molecule has 0 aliphatic carbocycles. The van der Waals surface area contributed by atoms with Crippen LogP contribution in [0.3, 0.4) is 0 Å². The van der Waals surface area contributed by atoms with Crippen LogP contribution >= 0.6 is 0 Å². The number of anilines is 2. The van der Waals surface area contributed by atoms with Crippen LogP contribution in [0, 0.1) is 0 Å². The summed E-state index contributed by atoms with van der Waals surface area (Å²) in [6, 6.07) is 8.00. The van der Waals surface area contributed by atoms with Crippen molar-refractivity contribution < 1.29 is 13.2 Å². The summed E-state index contributed by atoms with van der Waals surface area (Å²) in [6.07, 6.45) is 1.96. The largest absolute Gasteiger partial charge is 0.480 e. The number of ether oxygens (including phenoxy) is 1. The molecule has 10 heteroatoms. The van der Waals surface area contributed by atoms with E-state index in [1.54, 1.807) is 7.11 Å². The van der Waals surface area contributed by atoms with Crippen molar-refractivity contribution in [2.75, 3.05) is 48.8 Å². The third-order valence-corrected chi connectivity index (χ3v) is 7.29. The van der Waals surface area contributed by atoms with Crippen molar-refractivity contribution in [1.82, 2.24) is 20.2 Å². The smallest absolute Gasteiger partial charge is 0.224 e. The van der Waals surface area contributed by atoms with Crippen molar-refractivity contribution >= 4 is 32.2 Å². The van der Waals surface area contributed by atoms with Gasteiger partial charge in [-0.15, -0.1) is 5.10 Å². The van der Waals surface area contributed by atoms with E-state index in [1.807, 2.05) is 12.1 Å². The Kier molecular flexibility index (Phi) is 4.65. The van der Waals surface area contributed by atoms with E-state index in [0.717, 1.165) is 59.8 Å². The highest BCUT2D eigenvalue weighted by atomic mass is 32.2. The molecule has 0 radical (unpaired) electrons. The maximum Gasteiger partial charge on any atom is 0.224 e. The number of fused-ring (bicyclic) bond motifs is 2. The lowest BCUT2D eigenvalue weighted by Crippen LogP contribution is -2.47. The quantitative estimate of drug-likeness (QED) is 0.612. The maximum atomic E-state index is 12.0. The average molecular weight is 427 g/mol. The Balaban J connectivity index is 1.33. The number of aromatic nitrogens is 4. The van der Waals surface area contributed by atoms with Gasteiger partial charge < -0.3 is 14.5 Å². The van der Waals surface area contributed by atoms with Gasteiger partial charge in [0.05, 0.1) is 35.2 Å². The molecular formula is C20H22N6O3S. The van der Waals surface area contributed by atoms with Crippen LogP contribution in [0.15, 0.2) is 30.6 Å². The predicted octanol–water partition coefficient (Wildman–Crippen LogP) is 1.23. The van der Waals surface area contributed by atoms with Gasteiger partial charge in [-0.05, 0) is 29.8 Å². The molecule has 2 aromatic heterocycles. The van der Waals surface area contributed by atoms with E-state index in [2.05, 4.69) is 42.1 Å². The van der Waals surface area contributed by atoms with Gasteiger partial charge in [-0.1, -0.05) is 0 Å². The summed E-state index contributed by atoms with van der Waals surface area (Å²) in [5, 5.41) is 9.54. The maximum absolute atomic E-state index is 12.0. The fourth-order valence-electron chi connectivity index (χ4n) is 4.07. The summed E-state index contributed by atoms with van der Waals surface area (Å²) in [5.41, 5.74) is 3.54. The van der Waals surface area contributed by atoms with Gasteiger partial charge in [0.15, 0.2) is 15.7 Å². The van der Waals surface area contributed by atoms with Gasteiger partial charge in [0.25, 0.3) is 0 Å². The molecule has 3 aromatic rings. The molecule has 0 saturated carbocycles. The minimum atomic E-state index is -3.03. The zero-order chi connectivity index (χ0) is 20.7. The molecule has 1 aromatic carbocycles. The van der Waals surface area contributed by atoms with Gasteiger partial charge in [-0.3, -0.25) is 0 Å². The normalized spacial score (nSPS) is 18.3. The molecule has 9 nitrogen and oxygen atoms in total. The van der Waals surface area contributed by atoms with Gasteiger partial charge in [0.1, 0.15) is 6.33 Å². The van der Waals surface area contributed by atoms with Crippen LogP contribution in [0.1, 0.15) is 11.3 Å². The summed E-state index contributed by atoms with van der Waals surface area (Å²) in [4.78, 5) is 13.0. The second kappa shape index (κ2) is 7.35. The Morgan fingerprint density at radius 2 is 1.80 bits per heavy atom. The second-order valence-electron chi connectivity index (χ2n) is 7.57. The first-order chi connectivity index (χ1) is 14.5. The molecule has 156 valence electrons. The van der Waals surface area contributed by atoms with Gasteiger partial charge in [-0.25, -0.2) is 18.4 Å². The summed E-state index contributed by atoms with van der Waals surface area (Å²) in [5.74, 6) is 1.54. The number of sulfone groups is 1. The lowest BCUT2D eigenvalue weighted by Gasteiger charge is -2.36.